The second-order valence-corrected chi connectivity index (χ2v) is 7.37. The number of amides is 1. The van der Waals surface area contributed by atoms with Crippen LogP contribution in [0.3, 0.4) is 0 Å². The van der Waals surface area contributed by atoms with E-state index in [0.29, 0.717) is 5.92 Å². The van der Waals surface area contributed by atoms with Crippen LogP contribution in [0.4, 0.5) is 0 Å². The molecular weight excluding hydrogens is 262 g/mol. The van der Waals surface area contributed by atoms with Crippen molar-refractivity contribution in [2.24, 2.45) is 5.92 Å². The van der Waals surface area contributed by atoms with Crippen LogP contribution in [0.1, 0.15) is 47.5 Å². The van der Waals surface area contributed by atoms with Crippen LogP contribution in [0, 0.1) is 5.92 Å². The van der Waals surface area contributed by atoms with Crippen LogP contribution in [0.15, 0.2) is 0 Å². The summed E-state index contributed by atoms with van der Waals surface area (Å²) in [7, 11) is 4.26. The van der Waals surface area contributed by atoms with E-state index in [4.69, 9.17) is 0 Å². The van der Waals surface area contributed by atoms with Gasteiger partial charge in [0.05, 0.1) is 6.04 Å². The molecule has 0 radical (unpaired) electrons. The van der Waals surface area contributed by atoms with E-state index in [2.05, 4.69) is 58.5 Å². The largest absolute Gasteiger partial charge is 0.336 e. The quantitative estimate of drug-likeness (QED) is 0.752. The van der Waals surface area contributed by atoms with Gasteiger partial charge in [0.2, 0.25) is 5.91 Å². The minimum Gasteiger partial charge on any atom is -0.336 e. The lowest BCUT2D eigenvalue weighted by molar-refractivity contribution is -0.140. The van der Waals surface area contributed by atoms with Crippen molar-refractivity contribution in [2.45, 2.75) is 65.6 Å². The van der Waals surface area contributed by atoms with Crippen molar-refractivity contribution in [3.8, 4) is 0 Å². The Hall–Kier alpha value is -0.610. The maximum Gasteiger partial charge on any atom is 0.240 e. The predicted molar refractivity (Wildman–Crippen MR) is 89.4 cm³/mol. The number of hydrogen-bond acceptors (Lipinski definition) is 3. The molecule has 0 aliphatic carbocycles. The molecule has 0 unspecified atom stereocenters. The lowest BCUT2D eigenvalue weighted by atomic mass is 9.96. The molecule has 21 heavy (non-hydrogen) atoms. The molecule has 0 bridgehead atoms. The molecule has 0 aromatic carbocycles. The number of rotatable bonds is 6. The van der Waals surface area contributed by atoms with E-state index in [1.165, 1.54) is 12.8 Å². The van der Waals surface area contributed by atoms with Gasteiger partial charge in [-0.05, 0) is 74.0 Å². The summed E-state index contributed by atoms with van der Waals surface area (Å²) in [5, 5.41) is 0. The molecule has 1 fully saturated rings. The molecule has 0 saturated carbocycles. The molecule has 124 valence electrons. The molecule has 1 saturated heterocycles. The van der Waals surface area contributed by atoms with Crippen LogP contribution in [-0.2, 0) is 4.79 Å². The third-order valence-electron chi connectivity index (χ3n) is 4.45. The van der Waals surface area contributed by atoms with Crippen LogP contribution in [0.5, 0.6) is 0 Å². The molecule has 1 rings (SSSR count). The summed E-state index contributed by atoms with van der Waals surface area (Å²) < 4.78 is 0. The summed E-state index contributed by atoms with van der Waals surface area (Å²) in [4.78, 5) is 19.5. The molecule has 0 N–H and O–H groups in total. The normalized spacial score (nSPS) is 22.1. The fraction of sp³-hybridized carbons (Fsp3) is 0.941. The van der Waals surface area contributed by atoms with Crippen molar-refractivity contribution >= 4 is 5.91 Å². The van der Waals surface area contributed by atoms with E-state index in [-0.39, 0.29) is 24.0 Å². The first-order chi connectivity index (χ1) is 9.73. The second-order valence-electron chi connectivity index (χ2n) is 7.37. The van der Waals surface area contributed by atoms with Gasteiger partial charge in [-0.3, -0.25) is 9.69 Å². The van der Waals surface area contributed by atoms with Crippen LogP contribution >= 0.6 is 0 Å². The van der Waals surface area contributed by atoms with E-state index < -0.39 is 0 Å². The number of carbonyl (C=O) groups is 1. The SMILES string of the molecule is CC(C)N(C(=O)[C@H](C)N1CCC[C@H](CN(C)C)C1)C(C)C. The maximum absolute atomic E-state index is 12.8. The molecule has 0 aromatic heterocycles. The molecule has 1 aliphatic rings. The minimum atomic E-state index is -0.000220. The molecule has 1 aliphatic heterocycles. The Balaban J connectivity index is 2.68. The average molecular weight is 297 g/mol. The highest BCUT2D eigenvalue weighted by molar-refractivity contribution is 5.82. The summed E-state index contributed by atoms with van der Waals surface area (Å²) in [6, 6.07) is 0.532. The highest BCUT2D eigenvalue weighted by Gasteiger charge is 2.31. The zero-order chi connectivity index (χ0) is 16.2. The molecule has 4 heteroatoms. The Morgan fingerprint density at radius 2 is 1.71 bits per heavy atom. The van der Waals surface area contributed by atoms with Gasteiger partial charge in [0.25, 0.3) is 0 Å². The first-order valence-corrected chi connectivity index (χ1v) is 8.45. The lowest BCUT2D eigenvalue weighted by Crippen LogP contribution is -2.54. The zero-order valence-electron chi connectivity index (χ0n) is 15.1. The van der Waals surface area contributed by atoms with Crippen LogP contribution in [0.25, 0.3) is 0 Å². The predicted octanol–water partition coefficient (Wildman–Crippen LogP) is 2.29. The van der Waals surface area contributed by atoms with E-state index in [1.54, 1.807) is 0 Å². The van der Waals surface area contributed by atoms with Crippen molar-refractivity contribution in [3.05, 3.63) is 0 Å². The number of hydrogen-bond donors (Lipinski definition) is 0. The summed E-state index contributed by atoms with van der Waals surface area (Å²) in [5.74, 6) is 0.973. The molecule has 2 atom stereocenters. The van der Waals surface area contributed by atoms with Crippen molar-refractivity contribution in [2.75, 3.05) is 33.7 Å². The molecule has 0 aromatic rings. The summed E-state index contributed by atoms with van der Waals surface area (Å²) in [5.41, 5.74) is 0. The Kier molecular flexibility index (Phi) is 7.14. The van der Waals surface area contributed by atoms with Gasteiger partial charge in [-0.1, -0.05) is 0 Å². The van der Waals surface area contributed by atoms with Crippen LogP contribution in [-0.4, -0.2) is 72.5 Å². The Morgan fingerprint density at radius 1 is 1.14 bits per heavy atom. The van der Waals surface area contributed by atoms with Gasteiger partial charge in [0.1, 0.15) is 0 Å². The van der Waals surface area contributed by atoms with E-state index in [1.807, 2.05) is 4.90 Å². The van der Waals surface area contributed by atoms with Gasteiger partial charge >= 0.3 is 0 Å². The number of carbonyl (C=O) groups excluding carboxylic acids is 1. The second kappa shape index (κ2) is 8.14. The van der Waals surface area contributed by atoms with Crippen molar-refractivity contribution in [3.63, 3.8) is 0 Å². The zero-order valence-corrected chi connectivity index (χ0v) is 15.1. The molecule has 4 nitrogen and oxygen atoms in total. The minimum absolute atomic E-state index is 0.000220. The number of nitrogens with zero attached hydrogens (tertiary/aromatic N) is 3. The van der Waals surface area contributed by atoms with Crippen molar-refractivity contribution in [1.82, 2.24) is 14.7 Å². The number of likely N-dealkylation sites (tertiary alicyclic amines) is 1. The van der Waals surface area contributed by atoms with E-state index >= 15 is 0 Å². The maximum atomic E-state index is 12.8. The van der Waals surface area contributed by atoms with E-state index in [0.717, 1.165) is 19.6 Å². The highest BCUT2D eigenvalue weighted by atomic mass is 16.2. The number of piperidine rings is 1. The topological polar surface area (TPSA) is 26.8 Å². The van der Waals surface area contributed by atoms with Crippen LogP contribution in [0.2, 0.25) is 0 Å². The molecule has 0 spiro atoms. The Labute approximate surface area is 131 Å². The molecule has 1 amide bonds. The van der Waals surface area contributed by atoms with Gasteiger partial charge < -0.3 is 9.80 Å². The standard InChI is InChI=1S/C17H35N3O/c1-13(2)20(14(3)4)17(21)15(5)19-10-8-9-16(12-19)11-18(6)7/h13-16H,8-12H2,1-7H3/t15-,16+/m0/s1. The third-order valence-corrected chi connectivity index (χ3v) is 4.45. The Bertz CT molecular complexity index is 320. The highest BCUT2D eigenvalue weighted by Crippen LogP contribution is 2.21. The third kappa shape index (κ3) is 5.26. The average Bonchev–Trinajstić information content (AvgIpc) is 2.36. The summed E-state index contributed by atoms with van der Waals surface area (Å²) >= 11 is 0. The Morgan fingerprint density at radius 3 is 2.19 bits per heavy atom. The van der Waals surface area contributed by atoms with Crippen molar-refractivity contribution in [1.29, 1.82) is 0 Å². The van der Waals surface area contributed by atoms with Gasteiger partial charge in [-0.25, -0.2) is 0 Å². The van der Waals surface area contributed by atoms with Crippen molar-refractivity contribution < 1.29 is 4.79 Å². The smallest absolute Gasteiger partial charge is 0.240 e. The summed E-state index contributed by atoms with van der Waals surface area (Å²) in [6.45, 7) is 13.7. The fourth-order valence-corrected chi connectivity index (χ4v) is 3.59. The van der Waals surface area contributed by atoms with Gasteiger partial charge in [-0.15, -0.1) is 0 Å². The molecule has 1 heterocycles. The van der Waals surface area contributed by atoms with Crippen LogP contribution < -0.4 is 0 Å². The van der Waals surface area contributed by atoms with Gasteiger partial charge in [0.15, 0.2) is 0 Å². The van der Waals surface area contributed by atoms with Gasteiger partial charge in [-0.2, -0.15) is 0 Å². The fourth-order valence-electron chi connectivity index (χ4n) is 3.59. The first-order valence-electron chi connectivity index (χ1n) is 8.45. The lowest BCUT2D eigenvalue weighted by Gasteiger charge is -2.40. The van der Waals surface area contributed by atoms with E-state index in [9.17, 15) is 4.79 Å². The molecular formula is C17H35N3O. The van der Waals surface area contributed by atoms with Gasteiger partial charge in [0, 0.05) is 25.2 Å². The summed E-state index contributed by atoms with van der Waals surface area (Å²) in [6.07, 6.45) is 2.49. The monoisotopic (exact) mass is 297 g/mol. The first kappa shape index (κ1) is 18.4.